The molecule has 2 heterocycles. The van der Waals surface area contributed by atoms with E-state index in [0.29, 0.717) is 17.7 Å². The van der Waals surface area contributed by atoms with E-state index < -0.39 is 6.10 Å². The molecule has 1 aromatic heterocycles. The first-order chi connectivity index (χ1) is 11.1. The maximum Gasteiger partial charge on any atom is 0.254 e. The predicted octanol–water partition coefficient (Wildman–Crippen LogP) is 3.13. The van der Waals surface area contributed by atoms with Gasteiger partial charge in [-0.3, -0.25) is 15.0 Å². The third-order valence-electron chi connectivity index (χ3n) is 4.69. The zero-order valence-corrected chi connectivity index (χ0v) is 14.9. The van der Waals surface area contributed by atoms with Crippen molar-refractivity contribution in [2.24, 2.45) is 11.8 Å². The molecule has 1 aromatic rings. The zero-order chi connectivity index (χ0) is 16.2. The SMILES string of the molecule is CC1CCN(Cc2csc(NC(=O)C(C)OCC3CC3)n2)CC1. The molecule has 2 aliphatic rings. The molecule has 1 amide bonds. The van der Waals surface area contributed by atoms with Gasteiger partial charge in [-0.15, -0.1) is 11.3 Å². The van der Waals surface area contributed by atoms with Gasteiger partial charge in [0.05, 0.1) is 12.3 Å². The minimum atomic E-state index is -0.411. The third-order valence-corrected chi connectivity index (χ3v) is 5.50. The van der Waals surface area contributed by atoms with Crippen molar-refractivity contribution in [1.82, 2.24) is 9.88 Å². The lowest BCUT2D eigenvalue weighted by Gasteiger charge is -2.29. The monoisotopic (exact) mass is 337 g/mol. The average molecular weight is 337 g/mol. The van der Waals surface area contributed by atoms with Crippen LogP contribution in [0.1, 0.15) is 45.2 Å². The Morgan fingerprint density at radius 3 is 2.87 bits per heavy atom. The number of amides is 1. The van der Waals surface area contributed by atoms with Gasteiger partial charge in [0.2, 0.25) is 0 Å². The van der Waals surface area contributed by atoms with Crippen LogP contribution in [0.5, 0.6) is 0 Å². The Morgan fingerprint density at radius 1 is 1.43 bits per heavy atom. The van der Waals surface area contributed by atoms with Crippen LogP contribution in [0, 0.1) is 11.8 Å². The van der Waals surface area contributed by atoms with Gasteiger partial charge < -0.3 is 4.74 Å². The Labute approximate surface area is 142 Å². The van der Waals surface area contributed by atoms with Crippen molar-refractivity contribution in [3.63, 3.8) is 0 Å². The summed E-state index contributed by atoms with van der Waals surface area (Å²) in [6.45, 7) is 8.00. The molecule has 5 nitrogen and oxygen atoms in total. The molecule has 1 N–H and O–H groups in total. The molecule has 1 unspecified atom stereocenters. The van der Waals surface area contributed by atoms with Gasteiger partial charge in [-0.05, 0) is 57.5 Å². The molecule has 2 fully saturated rings. The van der Waals surface area contributed by atoms with Crippen LogP contribution < -0.4 is 5.32 Å². The number of hydrogen-bond donors (Lipinski definition) is 1. The summed E-state index contributed by atoms with van der Waals surface area (Å²) in [5.74, 6) is 1.41. The Kier molecular flexibility index (Phi) is 5.67. The number of nitrogens with one attached hydrogen (secondary N) is 1. The summed E-state index contributed by atoms with van der Waals surface area (Å²) in [5.41, 5.74) is 1.05. The van der Waals surface area contributed by atoms with Crippen molar-refractivity contribution in [2.45, 2.75) is 52.2 Å². The van der Waals surface area contributed by atoms with E-state index in [1.54, 1.807) is 6.92 Å². The maximum atomic E-state index is 12.1. The van der Waals surface area contributed by atoms with E-state index in [9.17, 15) is 4.79 Å². The molecule has 3 rings (SSSR count). The molecule has 1 aliphatic heterocycles. The highest BCUT2D eigenvalue weighted by Gasteiger charge is 2.24. The van der Waals surface area contributed by atoms with Crippen molar-refractivity contribution >= 4 is 22.4 Å². The number of likely N-dealkylation sites (tertiary alicyclic amines) is 1. The fraction of sp³-hybridized carbons (Fsp3) is 0.765. The number of aromatic nitrogens is 1. The van der Waals surface area contributed by atoms with Crippen LogP contribution in [0.3, 0.4) is 0 Å². The van der Waals surface area contributed by atoms with Crippen molar-refractivity contribution in [1.29, 1.82) is 0 Å². The Hall–Kier alpha value is -0.980. The van der Waals surface area contributed by atoms with Gasteiger partial charge in [0, 0.05) is 11.9 Å². The van der Waals surface area contributed by atoms with Crippen LogP contribution in [0.4, 0.5) is 5.13 Å². The number of hydrogen-bond acceptors (Lipinski definition) is 5. The number of ether oxygens (including phenoxy) is 1. The van der Waals surface area contributed by atoms with Crippen molar-refractivity contribution in [3.05, 3.63) is 11.1 Å². The highest BCUT2D eigenvalue weighted by Crippen LogP contribution is 2.29. The molecule has 0 aromatic carbocycles. The van der Waals surface area contributed by atoms with Gasteiger partial charge in [-0.25, -0.2) is 4.98 Å². The van der Waals surface area contributed by atoms with Crippen molar-refractivity contribution < 1.29 is 9.53 Å². The number of anilines is 1. The molecule has 6 heteroatoms. The molecular formula is C17H27N3O2S. The molecule has 1 saturated carbocycles. The number of nitrogens with zero attached hydrogens (tertiary/aromatic N) is 2. The van der Waals surface area contributed by atoms with E-state index in [4.69, 9.17) is 4.74 Å². The molecular weight excluding hydrogens is 310 g/mol. The summed E-state index contributed by atoms with van der Waals surface area (Å²) in [6, 6.07) is 0. The largest absolute Gasteiger partial charge is 0.368 e. The predicted molar refractivity (Wildman–Crippen MR) is 92.6 cm³/mol. The van der Waals surface area contributed by atoms with Crippen LogP contribution in [0.15, 0.2) is 5.38 Å². The van der Waals surface area contributed by atoms with E-state index in [-0.39, 0.29) is 5.91 Å². The Bertz CT molecular complexity index is 522. The summed E-state index contributed by atoms with van der Waals surface area (Å²) in [7, 11) is 0. The first kappa shape index (κ1) is 16.9. The van der Waals surface area contributed by atoms with E-state index in [1.807, 2.05) is 5.38 Å². The second-order valence-corrected chi connectivity index (χ2v) is 7.87. The lowest BCUT2D eigenvalue weighted by molar-refractivity contribution is -0.126. The van der Waals surface area contributed by atoms with E-state index in [2.05, 4.69) is 22.1 Å². The molecule has 23 heavy (non-hydrogen) atoms. The average Bonchev–Trinajstić information content (AvgIpc) is 3.27. The standard InChI is InChI=1S/C17H27N3O2S/c1-12-5-7-20(8-6-12)9-15-11-23-17(18-15)19-16(21)13(2)22-10-14-3-4-14/h11-14H,3-10H2,1-2H3,(H,18,19,21). The lowest BCUT2D eigenvalue weighted by Crippen LogP contribution is -2.32. The summed E-state index contributed by atoms with van der Waals surface area (Å²) in [6.07, 6.45) is 4.60. The summed E-state index contributed by atoms with van der Waals surface area (Å²) < 4.78 is 5.59. The highest BCUT2D eigenvalue weighted by atomic mass is 32.1. The summed E-state index contributed by atoms with van der Waals surface area (Å²) >= 11 is 1.50. The molecule has 0 bridgehead atoms. The number of rotatable bonds is 7. The summed E-state index contributed by atoms with van der Waals surface area (Å²) in [5, 5.41) is 5.60. The molecule has 1 saturated heterocycles. The van der Waals surface area contributed by atoms with Gasteiger partial charge >= 0.3 is 0 Å². The van der Waals surface area contributed by atoms with Gasteiger partial charge in [0.15, 0.2) is 5.13 Å². The molecule has 1 atom stereocenters. The first-order valence-corrected chi connectivity index (χ1v) is 9.57. The third kappa shape index (κ3) is 5.26. The first-order valence-electron chi connectivity index (χ1n) is 8.69. The minimum Gasteiger partial charge on any atom is -0.368 e. The van der Waals surface area contributed by atoms with Gasteiger partial charge in [-0.1, -0.05) is 6.92 Å². The van der Waals surface area contributed by atoms with E-state index in [1.165, 1.54) is 37.0 Å². The van der Waals surface area contributed by atoms with E-state index >= 15 is 0 Å². The maximum absolute atomic E-state index is 12.1. The van der Waals surface area contributed by atoms with E-state index in [0.717, 1.165) is 31.2 Å². The number of carbonyl (C=O) groups is 1. The number of thiazole rings is 1. The number of piperidine rings is 1. The lowest BCUT2D eigenvalue weighted by atomic mass is 9.99. The van der Waals surface area contributed by atoms with Crippen molar-refractivity contribution in [3.8, 4) is 0 Å². The zero-order valence-electron chi connectivity index (χ0n) is 14.1. The smallest absolute Gasteiger partial charge is 0.254 e. The highest BCUT2D eigenvalue weighted by molar-refractivity contribution is 7.13. The van der Waals surface area contributed by atoms with Crippen LogP contribution >= 0.6 is 11.3 Å². The second kappa shape index (κ2) is 7.73. The normalized spacial score (nSPS) is 21.3. The fourth-order valence-electron chi connectivity index (χ4n) is 2.73. The minimum absolute atomic E-state index is 0.0988. The quantitative estimate of drug-likeness (QED) is 0.830. The van der Waals surface area contributed by atoms with Crippen LogP contribution in [0.25, 0.3) is 0 Å². The molecule has 0 radical (unpaired) electrons. The molecule has 128 valence electrons. The number of carbonyl (C=O) groups excluding carboxylic acids is 1. The van der Waals surface area contributed by atoms with Crippen LogP contribution in [-0.2, 0) is 16.1 Å². The summed E-state index contributed by atoms with van der Waals surface area (Å²) in [4.78, 5) is 19.1. The van der Waals surface area contributed by atoms with Gasteiger partial charge in [0.25, 0.3) is 5.91 Å². The van der Waals surface area contributed by atoms with Crippen LogP contribution in [-0.4, -0.2) is 41.6 Å². The fourth-order valence-corrected chi connectivity index (χ4v) is 3.44. The van der Waals surface area contributed by atoms with Crippen molar-refractivity contribution in [2.75, 3.05) is 25.0 Å². The Balaban J connectivity index is 1.43. The second-order valence-electron chi connectivity index (χ2n) is 7.01. The molecule has 0 spiro atoms. The van der Waals surface area contributed by atoms with Gasteiger partial charge in [-0.2, -0.15) is 0 Å². The van der Waals surface area contributed by atoms with Crippen LogP contribution in [0.2, 0.25) is 0 Å². The van der Waals surface area contributed by atoms with Gasteiger partial charge in [0.1, 0.15) is 6.10 Å². The Morgan fingerprint density at radius 2 is 2.17 bits per heavy atom. The topological polar surface area (TPSA) is 54.5 Å². The molecule has 1 aliphatic carbocycles.